The Hall–Kier alpha value is -1.46. The lowest BCUT2D eigenvalue weighted by atomic mass is 9.77. The van der Waals surface area contributed by atoms with E-state index in [2.05, 4.69) is 15.4 Å². The fraction of sp³-hybridized carbons (Fsp3) is 0.588. The molecule has 6 rings (SSSR count). The molecule has 1 unspecified atom stereocenters. The van der Waals surface area contributed by atoms with Gasteiger partial charge in [-0.15, -0.1) is 0 Å². The summed E-state index contributed by atoms with van der Waals surface area (Å²) in [6.45, 7) is 2.51. The van der Waals surface area contributed by atoms with Gasteiger partial charge in [-0.3, -0.25) is 4.90 Å². The second-order valence-electron chi connectivity index (χ2n) is 7.04. The van der Waals surface area contributed by atoms with E-state index < -0.39 is 0 Å². The van der Waals surface area contributed by atoms with Gasteiger partial charge in [-0.1, -0.05) is 16.8 Å². The van der Waals surface area contributed by atoms with Crippen LogP contribution in [0.5, 0.6) is 5.75 Å². The molecule has 1 aromatic heterocycles. The Morgan fingerprint density at radius 3 is 2.83 bits per heavy atom. The smallest absolute Gasteiger partial charge is 0.212 e. The number of rotatable bonds is 3. The highest BCUT2D eigenvalue weighted by atomic mass is 35.5. The third-order valence-electron chi connectivity index (χ3n) is 6.03. The summed E-state index contributed by atoms with van der Waals surface area (Å²) in [5.74, 6) is 2.11. The van der Waals surface area contributed by atoms with Crippen LogP contribution in [0.4, 0.5) is 5.82 Å². The molecular formula is C17H20ClN3O2. The Labute approximate surface area is 139 Å². The minimum Gasteiger partial charge on any atom is -0.491 e. The molecule has 1 aromatic carbocycles. The van der Waals surface area contributed by atoms with E-state index in [4.69, 9.17) is 20.9 Å². The molecule has 4 heterocycles. The molecule has 4 aliphatic rings. The number of ether oxygens (including phenoxy) is 1. The van der Waals surface area contributed by atoms with Crippen molar-refractivity contribution in [1.82, 2.24) is 10.1 Å². The Kier molecular flexibility index (Phi) is 2.89. The van der Waals surface area contributed by atoms with Crippen molar-refractivity contribution in [2.24, 2.45) is 5.92 Å². The summed E-state index contributed by atoms with van der Waals surface area (Å²) in [6.07, 6.45) is 5.16. The van der Waals surface area contributed by atoms with Gasteiger partial charge in [0.1, 0.15) is 0 Å². The van der Waals surface area contributed by atoms with E-state index in [1.165, 1.54) is 38.8 Å². The van der Waals surface area contributed by atoms with Crippen LogP contribution in [0.1, 0.15) is 25.7 Å². The van der Waals surface area contributed by atoms with E-state index in [1.54, 1.807) is 7.11 Å². The van der Waals surface area contributed by atoms with E-state index in [9.17, 15) is 0 Å². The first kappa shape index (κ1) is 13.9. The van der Waals surface area contributed by atoms with E-state index in [0.717, 1.165) is 17.1 Å². The maximum Gasteiger partial charge on any atom is 0.212 e. The van der Waals surface area contributed by atoms with Crippen LogP contribution in [0.25, 0.3) is 11.0 Å². The number of benzene rings is 1. The van der Waals surface area contributed by atoms with E-state index in [0.29, 0.717) is 27.9 Å². The Bertz CT molecular complexity index is 763. The number of methoxy groups -OCH3 is 1. The van der Waals surface area contributed by atoms with Crippen molar-refractivity contribution in [2.75, 3.05) is 25.5 Å². The summed E-state index contributed by atoms with van der Waals surface area (Å²) in [5, 5.41) is 9.48. The average molecular weight is 334 g/mol. The van der Waals surface area contributed by atoms with E-state index >= 15 is 0 Å². The van der Waals surface area contributed by atoms with Gasteiger partial charge in [-0.05, 0) is 56.8 Å². The zero-order valence-corrected chi connectivity index (χ0v) is 13.9. The lowest BCUT2D eigenvalue weighted by molar-refractivity contribution is 0.0202. The lowest BCUT2D eigenvalue weighted by Crippen LogP contribution is -2.62. The highest BCUT2D eigenvalue weighted by Gasteiger charge is 2.60. The number of halogens is 1. The molecule has 1 saturated carbocycles. The van der Waals surface area contributed by atoms with Gasteiger partial charge < -0.3 is 14.6 Å². The minimum atomic E-state index is 0.364. The van der Waals surface area contributed by atoms with Crippen molar-refractivity contribution in [1.29, 1.82) is 0 Å². The molecule has 1 spiro atoms. The number of hydrogen-bond acceptors (Lipinski definition) is 5. The summed E-state index contributed by atoms with van der Waals surface area (Å²) in [5.41, 5.74) is 0.983. The zero-order valence-electron chi connectivity index (χ0n) is 13.1. The first-order chi connectivity index (χ1) is 11.2. The number of aromatic nitrogens is 1. The number of fused-ring (bicyclic) bond motifs is 3. The van der Waals surface area contributed by atoms with Crippen molar-refractivity contribution >= 4 is 28.4 Å². The van der Waals surface area contributed by atoms with Crippen LogP contribution in [0, 0.1) is 5.92 Å². The summed E-state index contributed by atoms with van der Waals surface area (Å²) in [6, 6.07) is 4.27. The van der Waals surface area contributed by atoms with Crippen molar-refractivity contribution in [3.63, 3.8) is 0 Å². The summed E-state index contributed by atoms with van der Waals surface area (Å²) in [7, 11) is 1.60. The predicted molar refractivity (Wildman–Crippen MR) is 89.2 cm³/mol. The molecule has 1 atom stereocenters. The molecule has 1 aliphatic carbocycles. The molecule has 2 aromatic rings. The van der Waals surface area contributed by atoms with Gasteiger partial charge >= 0.3 is 0 Å². The van der Waals surface area contributed by atoms with E-state index in [1.807, 2.05) is 12.1 Å². The first-order valence-corrected chi connectivity index (χ1v) is 8.74. The predicted octanol–water partition coefficient (Wildman–Crippen LogP) is 3.53. The lowest BCUT2D eigenvalue weighted by Gasteiger charge is -2.52. The van der Waals surface area contributed by atoms with Crippen LogP contribution < -0.4 is 10.1 Å². The van der Waals surface area contributed by atoms with E-state index in [-0.39, 0.29) is 0 Å². The topological polar surface area (TPSA) is 50.5 Å². The van der Waals surface area contributed by atoms with Crippen LogP contribution >= 0.6 is 11.6 Å². The average Bonchev–Trinajstić information content (AvgIpc) is 3.25. The van der Waals surface area contributed by atoms with Crippen LogP contribution in [0.3, 0.4) is 0 Å². The maximum atomic E-state index is 6.17. The fourth-order valence-corrected chi connectivity index (χ4v) is 4.94. The van der Waals surface area contributed by atoms with Crippen molar-refractivity contribution in [2.45, 2.75) is 37.3 Å². The van der Waals surface area contributed by atoms with Crippen LogP contribution in [-0.2, 0) is 0 Å². The number of nitrogens with zero attached hydrogens (tertiary/aromatic N) is 2. The van der Waals surface area contributed by atoms with Crippen LogP contribution in [0.15, 0.2) is 16.7 Å². The van der Waals surface area contributed by atoms with Crippen molar-refractivity contribution < 1.29 is 9.26 Å². The molecule has 122 valence electrons. The van der Waals surface area contributed by atoms with Gasteiger partial charge in [-0.25, -0.2) is 0 Å². The van der Waals surface area contributed by atoms with Gasteiger partial charge in [0.15, 0.2) is 11.6 Å². The minimum absolute atomic E-state index is 0.364. The van der Waals surface area contributed by atoms with Crippen molar-refractivity contribution in [3.8, 4) is 5.75 Å². The highest BCUT2D eigenvalue weighted by Crippen LogP contribution is 2.54. The zero-order chi connectivity index (χ0) is 15.6. The molecule has 0 amide bonds. The fourth-order valence-electron chi connectivity index (χ4n) is 4.72. The van der Waals surface area contributed by atoms with Gasteiger partial charge in [0.25, 0.3) is 0 Å². The summed E-state index contributed by atoms with van der Waals surface area (Å²) >= 11 is 6.17. The summed E-state index contributed by atoms with van der Waals surface area (Å²) in [4.78, 5) is 2.68. The van der Waals surface area contributed by atoms with Gasteiger partial charge in [0.05, 0.1) is 17.5 Å². The molecule has 0 radical (unpaired) electrons. The molecule has 2 bridgehead atoms. The molecular weight excluding hydrogens is 314 g/mol. The van der Waals surface area contributed by atoms with Gasteiger partial charge in [-0.2, -0.15) is 0 Å². The molecule has 1 N–H and O–H groups in total. The molecule has 6 heteroatoms. The number of anilines is 1. The van der Waals surface area contributed by atoms with Crippen molar-refractivity contribution in [3.05, 3.63) is 17.2 Å². The number of hydrogen-bond donors (Lipinski definition) is 1. The maximum absolute atomic E-state index is 6.17. The Morgan fingerprint density at radius 2 is 2.13 bits per heavy atom. The molecule has 5 nitrogen and oxygen atoms in total. The SMILES string of the molecule is COc1c(Cl)ccc2c(NC3C4CCN(CC4)C34CC4)noc12. The van der Waals surface area contributed by atoms with Gasteiger partial charge in [0.2, 0.25) is 5.58 Å². The Morgan fingerprint density at radius 1 is 1.35 bits per heavy atom. The quantitative estimate of drug-likeness (QED) is 0.931. The number of piperidine rings is 3. The van der Waals surface area contributed by atoms with Gasteiger partial charge in [0, 0.05) is 11.6 Å². The first-order valence-electron chi connectivity index (χ1n) is 8.36. The molecule has 23 heavy (non-hydrogen) atoms. The second-order valence-corrected chi connectivity index (χ2v) is 7.45. The summed E-state index contributed by atoms with van der Waals surface area (Å²) < 4.78 is 10.9. The monoisotopic (exact) mass is 333 g/mol. The Balaban J connectivity index is 1.52. The third-order valence-corrected chi connectivity index (χ3v) is 6.32. The van der Waals surface area contributed by atoms with Crippen LogP contribution in [-0.4, -0.2) is 41.8 Å². The standard InChI is InChI=1S/C17H20ClN3O2/c1-22-14-12(18)3-2-11-13(14)23-20-16(11)19-15-10-4-8-21(9-5-10)17(15)6-7-17/h2-3,10,15H,4-9H2,1H3,(H,19,20). The number of nitrogens with one attached hydrogen (secondary N) is 1. The highest BCUT2D eigenvalue weighted by molar-refractivity contribution is 6.33. The second kappa shape index (κ2) is 4.77. The molecule has 4 fully saturated rings. The normalized spacial score (nSPS) is 30.8. The molecule has 3 saturated heterocycles. The third kappa shape index (κ3) is 1.86. The van der Waals surface area contributed by atoms with Crippen LogP contribution in [0.2, 0.25) is 5.02 Å². The largest absolute Gasteiger partial charge is 0.491 e. The molecule has 3 aliphatic heterocycles.